The number of hydrogen-bond donors (Lipinski definition) is 2. The van der Waals surface area contributed by atoms with Gasteiger partial charge in [-0.2, -0.15) is 0 Å². The fourth-order valence-corrected chi connectivity index (χ4v) is 1.47. The first-order valence-electron chi connectivity index (χ1n) is 4.56. The molecule has 5 nitrogen and oxygen atoms in total. The van der Waals surface area contributed by atoms with Gasteiger partial charge in [0.25, 0.3) is 0 Å². The van der Waals surface area contributed by atoms with E-state index in [4.69, 9.17) is 5.11 Å². The predicted octanol–water partition coefficient (Wildman–Crippen LogP) is 0.752. The molecule has 2 N–H and O–H groups in total. The van der Waals surface area contributed by atoms with Gasteiger partial charge in [-0.3, -0.25) is 0 Å². The van der Waals surface area contributed by atoms with E-state index in [0.29, 0.717) is 6.54 Å². The molecule has 0 aliphatic carbocycles. The van der Waals surface area contributed by atoms with E-state index < -0.39 is 5.97 Å². The van der Waals surface area contributed by atoms with Gasteiger partial charge in [-0.15, -0.1) is 0 Å². The Hall–Kier alpha value is -1.88. The van der Waals surface area contributed by atoms with Crippen LogP contribution in [-0.2, 0) is 6.54 Å². The average molecular weight is 205 g/mol. The van der Waals surface area contributed by atoms with Crippen molar-refractivity contribution in [1.82, 2.24) is 14.7 Å². The Balaban J connectivity index is 2.56. The minimum atomic E-state index is -0.930. The molecule has 5 heteroatoms. The van der Waals surface area contributed by atoms with Crippen LogP contribution in [0.1, 0.15) is 16.1 Å². The summed E-state index contributed by atoms with van der Waals surface area (Å²) in [6.07, 6.45) is 3.31. The molecule has 0 aliphatic rings. The standard InChI is InChI=1S/C10H11N3O2/c1-11-4-8-5-12-9-3-2-7(10(14)15)6-13(8)9/h2-3,5-6,11H,4H2,1H3,(H,14,15). The van der Waals surface area contributed by atoms with Gasteiger partial charge in [0.05, 0.1) is 17.5 Å². The molecule has 2 rings (SSSR count). The lowest BCUT2D eigenvalue weighted by Gasteiger charge is -2.01. The van der Waals surface area contributed by atoms with Gasteiger partial charge in [0, 0.05) is 12.7 Å². The topological polar surface area (TPSA) is 66.6 Å². The van der Waals surface area contributed by atoms with Crippen LogP contribution in [0.3, 0.4) is 0 Å². The van der Waals surface area contributed by atoms with Gasteiger partial charge < -0.3 is 14.8 Å². The lowest BCUT2D eigenvalue weighted by atomic mass is 10.3. The van der Waals surface area contributed by atoms with E-state index in [2.05, 4.69) is 10.3 Å². The van der Waals surface area contributed by atoms with E-state index in [0.717, 1.165) is 11.3 Å². The van der Waals surface area contributed by atoms with Crippen LogP contribution < -0.4 is 5.32 Å². The maximum Gasteiger partial charge on any atom is 0.337 e. The molecule has 0 atom stereocenters. The molecule has 2 heterocycles. The number of hydrogen-bond acceptors (Lipinski definition) is 3. The molecular formula is C10H11N3O2. The molecule has 0 saturated heterocycles. The van der Waals surface area contributed by atoms with Gasteiger partial charge in [0.2, 0.25) is 0 Å². The first-order chi connectivity index (χ1) is 7.22. The van der Waals surface area contributed by atoms with Gasteiger partial charge in [0.15, 0.2) is 0 Å². The normalized spacial score (nSPS) is 10.7. The van der Waals surface area contributed by atoms with Crippen LogP contribution in [0.2, 0.25) is 0 Å². The number of carboxylic acid groups (broad SMARTS) is 1. The minimum absolute atomic E-state index is 0.262. The second kappa shape index (κ2) is 3.70. The smallest absolute Gasteiger partial charge is 0.337 e. The molecular weight excluding hydrogens is 194 g/mol. The zero-order valence-electron chi connectivity index (χ0n) is 8.27. The molecule has 0 spiro atoms. The van der Waals surface area contributed by atoms with Crippen LogP contribution in [0.4, 0.5) is 0 Å². The third-order valence-electron chi connectivity index (χ3n) is 2.19. The van der Waals surface area contributed by atoms with Crippen LogP contribution in [0.25, 0.3) is 5.65 Å². The zero-order chi connectivity index (χ0) is 10.8. The van der Waals surface area contributed by atoms with E-state index in [9.17, 15) is 4.79 Å². The lowest BCUT2D eigenvalue weighted by molar-refractivity contribution is 0.0696. The molecule has 2 aromatic rings. The first-order valence-corrected chi connectivity index (χ1v) is 4.56. The molecule has 15 heavy (non-hydrogen) atoms. The largest absolute Gasteiger partial charge is 0.478 e. The number of pyridine rings is 1. The van der Waals surface area contributed by atoms with Gasteiger partial charge in [-0.25, -0.2) is 9.78 Å². The Labute approximate surface area is 86.4 Å². The Kier molecular flexibility index (Phi) is 2.39. The van der Waals surface area contributed by atoms with Crippen molar-refractivity contribution in [2.75, 3.05) is 7.05 Å². The van der Waals surface area contributed by atoms with E-state index in [1.54, 1.807) is 28.9 Å². The van der Waals surface area contributed by atoms with E-state index in [-0.39, 0.29) is 5.56 Å². The molecule has 0 bridgehead atoms. The van der Waals surface area contributed by atoms with E-state index in [1.807, 2.05) is 7.05 Å². The third-order valence-corrected chi connectivity index (χ3v) is 2.19. The number of nitrogens with one attached hydrogen (secondary N) is 1. The summed E-state index contributed by atoms with van der Waals surface area (Å²) in [5.74, 6) is -0.930. The van der Waals surface area contributed by atoms with Crippen molar-refractivity contribution in [3.8, 4) is 0 Å². The molecule has 0 aliphatic heterocycles. The highest BCUT2D eigenvalue weighted by molar-refractivity contribution is 5.87. The van der Waals surface area contributed by atoms with Crippen LogP contribution in [0.5, 0.6) is 0 Å². The molecule has 78 valence electrons. The van der Waals surface area contributed by atoms with Crippen molar-refractivity contribution in [3.63, 3.8) is 0 Å². The number of imidazole rings is 1. The molecule has 0 saturated carbocycles. The molecule has 0 amide bonds. The molecule has 0 aromatic carbocycles. The van der Waals surface area contributed by atoms with Crippen molar-refractivity contribution in [2.24, 2.45) is 0 Å². The summed E-state index contributed by atoms with van der Waals surface area (Å²) in [5, 5.41) is 11.9. The SMILES string of the molecule is CNCc1cnc2ccc(C(=O)O)cn12. The summed E-state index contributed by atoms with van der Waals surface area (Å²) in [5.41, 5.74) is 1.96. The van der Waals surface area contributed by atoms with Gasteiger partial charge in [-0.1, -0.05) is 0 Å². The summed E-state index contributed by atoms with van der Waals surface area (Å²) in [6.45, 7) is 0.657. The molecule has 0 radical (unpaired) electrons. The Bertz CT molecular complexity index is 504. The number of fused-ring (bicyclic) bond motifs is 1. The van der Waals surface area contributed by atoms with Crippen molar-refractivity contribution in [2.45, 2.75) is 6.54 Å². The predicted molar refractivity (Wildman–Crippen MR) is 54.9 cm³/mol. The van der Waals surface area contributed by atoms with Crippen LogP contribution in [-0.4, -0.2) is 27.5 Å². The van der Waals surface area contributed by atoms with Gasteiger partial charge >= 0.3 is 5.97 Å². The Morgan fingerprint density at radius 2 is 2.40 bits per heavy atom. The fourth-order valence-electron chi connectivity index (χ4n) is 1.47. The number of nitrogens with zero attached hydrogens (tertiary/aromatic N) is 2. The molecule has 0 unspecified atom stereocenters. The molecule has 2 aromatic heterocycles. The summed E-state index contributed by atoms with van der Waals surface area (Å²) in [4.78, 5) is 15.0. The summed E-state index contributed by atoms with van der Waals surface area (Å²) in [6, 6.07) is 3.25. The summed E-state index contributed by atoms with van der Waals surface area (Å²) < 4.78 is 1.78. The van der Waals surface area contributed by atoms with Crippen molar-refractivity contribution >= 4 is 11.6 Å². The van der Waals surface area contributed by atoms with Gasteiger partial charge in [-0.05, 0) is 19.2 Å². The third kappa shape index (κ3) is 1.69. The minimum Gasteiger partial charge on any atom is -0.478 e. The maximum absolute atomic E-state index is 10.8. The second-order valence-corrected chi connectivity index (χ2v) is 3.23. The second-order valence-electron chi connectivity index (χ2n) is 3.23. The first kappa shape index (κ1) is 9.67. The highest BCUT2D eigenvalue weighted by Crippen LogP contribution is 2.09. The van der Waals surface area contributed by atoms with Crippen LogP contribution in [0.15, 0.2) is 24.5 Å². The zero-order valence-corrected chi connectivity index (χ0v) is 8.27. The quantitative estimate of drug-likeness (QED) is 0.776. The number of aromatic nitrogens is 2. The Morgan fingerprint density at radius 3 is 3.07 bits per heavy atom. The summed E-state index contributed by atoms with van der Waals surface area (Å²) >= 11 is 0. The highest BCUT2D eigenvalue weighted by atomic mass is 16.4. The van der Waals surface area contributed by atoms with Crippen molar-refractivity contribution in [1.29, 1.82) is 0 Å². The van der Waals surface area contributed by atoms with Crippen molar-refractivity contribution in [3.05, 3.63) is 35.8 Å². The highest BCUT2D eigenvalue weighted by Gasteiger charge is 2.06. The summed E-state index contributed by atoms with van der Waals surface area (Å²) in [7, 11) is 1.83. The average Bonchev–Trinajstić information content (AvgIpc) is 2.61. The van der Waals surface area contributed by atoms with Crippen LogP contribution in [0, 0.1) is 0 Å². The molecule has 0 fully saturated rings. The Morgan fingerprint density at radius 1 is 1.60 bits per heavy atom. The number of aromatic carboxylic acids is 1. The number of carbonyl (C=O) groups is 1. The monoisotopic (exact) mass is 205 g/mol. The van der Waals surface area contributed by atoms with Crippen molar-refractivity contribution < 1.29 is 9.90 Å². The van der Waals surface area contributed by atoms with E-state index in [1.165, 1.54) is 0 Å². The number of rotatable bonds is 3. The lowest BCUT2D eigenvalue weighted by Crippen LogP contribution is -2.08. The number of carboxylic acids is 1. The van der Waals surface area contributed by atoms with Gasteiger partial charge in [0.1, 0.15) is 5.65 Å². The maximum atomic E-state index is 10.8. The van der Waals surface area contributed by atoms with Crippen LogP contribution >= 0.6 is 0 Å². The fraction of sp³-hybridized carbons (Fsp3) is 0.200. The van der Waals surface area contributed by atoms with E-state index >= 15 is 0 Å².